The molecule has 12 heavy (non-hydrogen) atoms. The standard InChI is InChI=1S/C10H16OS/c1-7-6-12-9(8(7)11-5)10(2,3)4/h6H,1-5H3. The number of ether oxygens (including phenoxy) is 1. The lowest BCUT2D eigenvalue weighted by Gasteiger charge is -2.18. The van der Waals surface area contributed by atoms with E-state index in [2.05, 4.69) is 33.1 Å². The molecule has 68 valence electrons. The number of aryl methyl sites for hydroxylation is 1. The van der Waals surface area contributed by atoms with E-state index in [1.807, 2.05) is 0 Å². The molecule has 1 rings (SSSR count). The molecule has 0 aliphatic carbocycles. The van der Waals surface area contributed by atoms with Crippen LogP contribution in [0.25, 0.3) is 0 Å². The monoisotopic (exact) mass is 184 g/mol. The van der Waals surface area contributed by atoms with E-state index in [1.54, 1.807) is 18.4 Å². The minimum atomic E-state index is 0.199. The minimum absolute atomic E-state index is 0.199. The highest BCUT2D eigenvalue weighted by molar-refractivity contribution is 7.10. The van der Waals surface area contributed by atoms with E-state index in [0.29, 0.717) is 0 Å². The molecule has 0 bridgehead atoms. The third-order valence-electron chi connectivity index (χ3n) is 1.80. The molecule has 0 N–H and O–H groups in total. The highest BCUT2D eigenvalue weighted by Crippen LogP contribution is 2.38. The van der Waals surface area contributed by atoms with Crippen LogP contribution in [0.5, 0.6) is 5.75 Å². The van der Waals surface area contributed by atoms with Crippen LogP contribution in [0.1, 0.15) is 31.2 Å². The van der Waals surface area contributed by atoms with Crippen molar-refractivity contribution in [2.75, 3.05) is 7.11 Å². The molecule has 1 heterocycles. The first kappa shape index (κ1) is 9.59. The Balaban J connectivity index is 3.16. The van der Waals surface area contributed by atoms with Gasteiger partial charge in [0.15, 0.2) is 0 Å². The maximum Gasteiger partial charge on any atom is 0.136 e. The van der Waals surface area contributed by atoms with Crippen LogP contribution >= 0.6 is 11.3 Å². The molecule has 0 aromatic carbocycles. The van der Waals surface area contributed by atoms with Gasteiger partial charge in [0, 0.05) is 5.56 Å². The Morgan fingerprint density at radius 1 is 1.33 bits per heavy atom. The molecule has 0 aliphatic rings. The SMILES string of the molecule is COc1c(C)csc1C(C)(C)C. The highest BCUT2D eigenvalue weighted by atomic mass is 32.1. The molecule has 0 amide bonds. The van der Waals surface area contributed by atoms with E-state index >= 15 is 0 Å². The molecule has 1 aromatic rings. The molecule has 0 unspecified atom stereocenters. The van der Waals surface area contributed by atoms with E-state index in [9.17, 15) is 0 Å². The number of hydrogen-bond acceptors (Lipinski definition) is 2. The van der Waals surface area contributed by atoms with Gasteiger partial charge >= 0.3 is 0 Å². The highest BCUT2D eigenvalue weighted by Gasteiger charge is 2.21. The van der Waals surface area contributed by atoms with Gasteiger partial charge in [0.1, 0.15) is 5.75 Å². The second-order valence-corrected chi connectivity index (χ2v) is 4.91. The zero-order valence-electron chi connectivity index (χ0n) is 8.39. The summed E-state index contributed by atoms with van der Waals surface area (Å²) in [7, 11) is 1.74. The van der Waals surface area contributed by atoms with Crippen LogP contribution in [-0.2, 0) is 5.41 Å². The molecule has 0 spiro atoms. The van der Waals surface area contributed by atoms with Gasteiger partial charge < -0.3 is 4.74 Å². The summed E-state index contributed by atoms with van der Waals surface area (Å²) in [6.45, 7) is 8.72. The van der Waals surface area contributed by atoms with Crippen molar-refractivity contribution in [3.05, 3.63) is 15.8 Å². The number of rotatable bonds is 1. The fourth-order valence-corrected chi connectivity index (χ4v) is 2.31. The van der Waals surface area contributed by atoms with Crippen molar-refractivity contribution >= 4 is 11.3 Å². The third kappa shape index (κ3) is 1.63. The van der Waals surface area contributed by atoms with Crippen LogP contribution in [0, 0.1) is 6.92 Å². The Morgan fingerprint density at radius 3 is 2.25 bits per heavy atom. The Hall–Kier alpha value is -0.500. The summed E-state index contributed by atoms with van der Waals surface area (Å²) < 4.78 is 5.35. The molecule has 1 aromatic heterocycles. The fraction of sp³-hybridized carbons (Fsp3) is 0.600. The number of methoxy groups -OCH3 is 1. The molecular weight excluding hydrogens is 168 g/mol. The van der Waals surface area contributed by atoms with Gasteiger partial charge in [-0.2, -0.15) is 0 Å². The predicted octanol–water partition coefficient (Wildman–Crippen LogP) is 3.36. The zero-order valence-corrected chi connectivity index (χ0v) is 9.21. The van der Waals surface area contributed by atoms with Crippen LogP contribution in [0.2, 0.25) is 0 Å². The molecule has 1 nitrogen and oxygen atoms in total. The summed E-state index contributed by atoms with van der Waals surface area (Å²) in [6, 6.07) is 0. The fourth-order valence-electron chi connectivity index (χ4n) is 1.20. The summed E-state index contributed by atoms with van der Waals surface area (Å²) in [5.74, 6) is 1.06. The number of hydrogen-bond donors (Lipinski definition) is 0. The smallest absolute Gasteiger partial charge is 0.136 e. The van der Waals surface area contributed by atoms with Crippen molar-refractivity contribution in [1.82, 2.24) is 0 Å². The van der Waals surface area contributed by atoms with E-state index < -0.39 is 0 Å². The summed E-state index contributed by atoms with van der Waals surface area (Å²) >= 11 is 1.78. The maximum absolute atomic E-state index is 5.35. The average molecular weight is 184 g/mol. The Labute approximate surface area is 78.4 Å². The van der Waals surface area contributed by atoms with E-state index in [-0.39, 0.29) is 5.41 Å². The molecular formula is C10H16OS. The van der Waals surface area contributed by atoms with E-state index in [1.165, 1.54) is 10.4 Å². The lowest BCUT2D eigenvalue weighted by Crippen LogP contribution is -2.10. The Kier molecular flexibility index (Phi) is 2.47. The average Bonchev–Trinajstić information content (AvgIpc) is 2.29. The summed E-state index contributed by atoms with van der Waals surface area (Å²) in [5, 5.41) is 2.15. The van der Waals surface area contributed by atoms with Crippen molar-refractivity contribution < 1.29 is 4.74 Å². The van der Waals surface area contributed by atoms with E-state index in [0.717, 1.165) is 5.75 Å². The lowest BCUT2D eigenvalue weighted by molar-refractivity contribution is 0.399. The molecule has 0 saturated heterocycles. The second-order valence-electron chi connectivity index (χ2n) is 4.03. The van der Waals surface area contributed by atoms with Gasteiger partial charge in [0.25, 0.3) is 0 Å². The van der Waals surface area contributed by atoms with Crippen LogP contribution in [0.15, 0.2) is 5.38 Å². The molecule has 0 saturated carbocycles. The predicted molar refractivity (Wildman–Crippen MR) is 54.3 cm³/mol. The minimum Gasteiger partial charge on any atom is -0.495 e. The van der Waals surface area contributed by atoms with Crippen molar-refractivity contribution in [3.8, 4) is 5.75 Å². The van der Waals surface area contributed by atoms with Crippen LogP contribution < -0.4 is 4.74 Å². The lowest BCUT2D eigenvalue weighted by atomic mass is 9.93. The Bertz CT molecular complexity index is 268. The van der Waals surface area contributed by atoms with Crippen molar-refractivity contribution in [3.63, 3.8) is 0 Å². The van der Waals surface area contributed by atoms with E-state index in [4.69, 9.17) is 4.74 Å². The Morgan fingerprint density at radius 2 is 1.92 bits per heavy atom. The number of thiophene rings is 1. The van der Waals surface area contributed by atoms with Gasteiger partial charge in [-0.3, -0.25) is 0 Å². The molecule has 2 heteroatoms. The van der Waals surface area contributed by atoms with Gasteiger partial charge in [0.05, 0.1) is 12.0 Å². The largest absolute Gasteiger partial charge is 0.495 e. The molecule has 0 atom stereocenters. The van der Waals surface area contributed by atoms with Gasteiger partial charge in [0.2, 0.25) is 0 Å². The topological polar surface area (TPSA) is 9.23 Å². The first-order valence-electron chi connectivity index (χ1n) is 4.09. The van der Waals surface area contributed by atoms with Gasteiger partial charge in [-0.15, -0.1) is 11.3 Å². The summed E-state index contributed by atoms with van der Waals surface area (Å²) in [6.07, 6.45) is 0. The van der Waals surface area contributed by atoms with Gasteiger partial charge in [-0.1, -0.05) is 20.8 Å². The maximum atomic E-state index is 5.35. The van der Waals surface area contributed by atoms with Crippen molar-refractivity contribution in [2.45, 2.75) is 33.1 Å². The second kappa shape index (κ2) is 3.09. The van der Waals surface area contributed by atoms with Crippen molar-refractivity contribution in [2.24, 2.45) is 0 Å². The first-order valence-corrected chi connectivity index (χ1v) is 4.97. The summed E-state index contributed by atoms with van der Waals surface area (Å²) in [4.78, 5) is 1.34. The zero-order chi connectivity index (χ0) is 9.35. The normalized spacial score (nSPS) is 11.8. The van der Waals surface area contributed by atoms with Crippen LogP contribution in [0.3, 0.4) is 0 Å². The molecule has 0 fully saturated rings. The van der Waals surface area contributed by atoms with Crippen LogP contribution in [0.4, 0.5) is 0 Å². The first-order chi connectivity index (χ1) is 5.46. The quantitative estimate of drug-likeness (QED) is 0.650. The molecule has 0 aliphatic heterocycles. The summed E-state index contributed by atoms with van der Waals surface area (Å²) in [5.41, 5.74) is 1.44. The third-order valence-corrected chi connectivity index (χ3v) is 3.31. The molecule has 0 radical (unpaired) electrons. The van der Waals surface area contributed by atoms with Crippen molar-refractivity contribution in [1.29, 1.82) is 0 Å². The van der Waals surface area contributed by atoms with Gasteiger partial charge in [-0.05, 0) is 17.7 Å². The van der Waals surface area contributed by atoms with Crippen LogP contribution in [-0.4, -0.2) is 7.11 Å². The van der Waals surface area contributed by atoms with Gasteiger partial charge in [-0.25, -0.2) is 0 Å².